The van der Waals surface area contributed by atoms with Gasteiger partial charge in [0.2, 0.25) is 0 Å². The van der Waals surface area contributed by atoms with Crippen LogP contribution in [0.2, 0.25) is 0 Å². The molecule has 0 spiro atoms. The molecular formula is C20H17NO2. The fourth-order valence-electron chi connectivity index (χ4n) is 2.49. The maximum Gasteiger partial charge on any atom is 0.188 e. The molecule has 0 aliphatic heterocycles. The van der Waals surface area contributed by atoms with E-state index < -0.39 is 6.61 Å². The van der Waals surface area contributed by atoms with Gasteiger partial charge in [-0.3, -0.25) is 4.79 Å². The number of ketones is 1. The molecule has 0 bridgehead atoms. The van der Waals surface area contributed by atoms with Gasteiger partial charge in [0.15, 0.2) is 5.78 Å². The third-order valence-electron chi connectivity index (χ3n) is 3.62. The van der Waals surface area contributed by atoms with Crippen LogP contribution in [0.25, 0.3) is 0 Å². The number of aliphatic hydroxyl groups excluding tert-OH is 1. The first-order valence-corrected chi connectivity index (χ1v) is 7.44. The summed E-state index contributed by atoms with van der Waals surface area (Å²) in [6.07, 6.45) is 0. The van der Waals surface area contributed by atoms with E-state index >= 15 is 0 Å². The second-order valence-corrected chi connectivity index (χ2v) is 5.13. The topological polar surface area (TPSA) is 40.5 Å². The molecule has 0 saturated carbocycles. The number of anilines is 3. The van der Waals surface area contributed by atoms with Crippen molar-refractivity contribution >= 4 is 22.8 Å². The number of rotatable bonds is 5. The minimum atomic E-state index is -0.472. The van der Waals surface area contributed by atoms with Crippen molar-refractivity contribution in [2.45, 2.75) is 0 Å². The summed E-state index contributed by atoms with van der Waals surface area (Å²) in [4.78, 5) is 13.7. The van der Waals surface area contributed by atoms with Crippen molar-refractivity contribution in [2.75, 3.05) is 11.5 Å². The molecule has 0 fully saturated rings. The predicted molar refractivity (Wildman–Crippen MR) is 92.5 cm³/mol. The SMILES string of the molecule is O=C(CO)c1ccc(N(c2ccccc2)c2ccccc2)cc1. The Morgan fingerprint density at radius 2 is 1.13 bits per heavy atom. The highest BCUT2D eigenvalue weighted by molar-refractivity contribution is 5.97. The number of Topliss-reactive ketones (excluding diaryl/α,β-unsaturated/α-hetero) is 1. The van der Waals surface area contributed by atoms with E-state index in [0.717, 1.165) is 17.1 Å². The second-order valence-electron chi connectivity index (χ2n) is 5.13. The van der Waals surface area contributed by atoms with Crippen LogP contribution in [0.4, 0.5) is 17.1 Å². The Morgan fingerprint density at radius 1 is 0.696 bits per heavy atom. The number of aliphatic hydroxyl groups is 1. The van der Waals surface area contributed by atoms with Crippen molar-refractivity contribution in [3.63, 3.8) is 0 Å². The molecule has 1 N–H and O–H groups in total. The number of carbonyl (C=O) groups is 1. The van der Waals surface area contributed by atoms with Gasteiger partial charge >= 0.3 is 0 Å². The van der Waals surface area contributed by atoms with Gasteiger partial charge in [0.1, 0.15) is 6.61 Å². The van der Waals surface area contributed by atoms with Crippen molar-refractivity contribution in [2.24, 2.45) is 0 Å². The standard InChI is InChI=1S/C20H17NO2/c22-15-20(23)16-11-13-19(14-12-16)21(17-7-3-1-4-8-17)18-9-5-2-6-10-18/h1-14,22H,15H2. The lowest BCUT2D eigenvalue weighted by atomic mass is 10.1. The zero-order chi connectivity index (χ0) is 16.1. The van der Waals surface area contributed by atoms with E-state index in [-0.39, 0.29) is 5.78 Å². The van der Waals surface area contributed by atoms with E-state index in [1.165, 1.54) is 0 Å². The smallest absolute Gasteiger partial charge is 0.188 e. The number of benzene rings is 3. The molecular weight excluding hydrogens is 286 g/mol. The lowest BCUT2D eigenvalue weighted by molar-refractivity contribution is 0.0904. The lowest BCUT2D eigenvalue weighted by Crippen LogP contribution is -2.10. The zero-order valence-electron chi connectivity index (χ0n) is 12.6. The van der Waals surface area contributed by atoms with Crippen molar-refractivity contribution in [1.82, 2.24) is 0 Å². The van der Waals surface area contributed by atoms with Crippen LogP contribution in [-0.4, -0.2) is 17.5 Å². The Kier molecular flexibility index (Phi) is 4.50. The van der Waals surface area contributed by atoms with Gasteiger partial charge in [-0.15, -0.1) is 0 Å². The van der Waals surface area contributed by atoms with Crippen molar-refractivity contribution in [3.8, 4) is 0 Å². The molecule has 23 heavy (non-hydrogen) atoms. The van der Waals surface area contributed by atoms with E-state index in [0.29, 0.717) is 5.56 Å². The van der Waals surface area contributed by atoms with Crippen molar-refractivity contribution < 1.29 is 9.90 Å². The minimum Gasteiger partial charge on any atom is -0.388 e. The monoisotopic (exact) mass is 303 g/mol. The van der Waals surface area contributed by atoms with Crippen LogP contribution in [0.1, 0.15) is 10.4 Å². The van der Waals surface area contributed by atoms with E-state index in [2.05, 4.69) is 4.90 Å². The number of para-hydroxylation sites is 2. The largest absolute Gasteiger partial charge is 0.388 e. The number of hydrogen-bond acceptors (Lipinski definition) is 3. The predicted octanol–water partition coefficient (Wildman–Crippen LogP) is 4.33. The summed E-state index contributed by atoms with van der Waals surface area (Å²) in [5, 5.41) is 8.96. The van der Waals surface area contributed by atoms with Crippen LogP contribution in [0.3, 0.4) is 0 Å². The van der Waals surface area contributed by atoms with Crippen LogP contribution < -0.4 is 4.90 Å². The lowest BCUT2D eigenvalue weighted by Gasteiger charge is -2.25. The number of hydrogen-bond donors (Lipinski definition) is 1. The maximum absolute atomic E-state index is 11.6. The molecule has 0 aliphatic rings. The van der Waals surface area contributed by atoms with Gasteiger partial charge in [0.25, 0.3) is 0 Å². The first kappa shape index (κ1) is 15.0. The van der Waals surface area contributed by atoms with Gasteiger partial charge in [-0.05, 0) is 48.5 Å². The van der Waals surface area contributed by atoms with E-state index in [1.54, 1.807) is 12.1 Å². The molecule has 3 heteroatoms. The van der Waals surface area contributed by atoms with E-state index in [4.69, 9.17) is 5.11 Å². The molecule has 0 radical (unpaired) electrons. The quantitative estimate of drug-likeness (QED) is 0.713. The van der Waals surface area contributed by atoms with Crippen molar-refractivity contribution in [3.05, 3.63) is 90.5 Å². The fourth-order valence-corrected chi connectivity index (χ4v) is 2.49. The highest BCUT2D eigenvalue weighted by atomic mass is 16.3. The minimum absolute atomic E-state index is 0.275. The maximum atomic E-state index is 11.6. The average Bonchev–Trinajstić information content (AvgIpc) is 2.64. The Balaban J connectivity index is 2.04. The third kappa shape index (κ3) is 3.30. The van der Waals surface area contributed by atoms with Gasteiger partial charge in [-0.25, -0.2) is 0 Å². The van der Waals surface area contributed by atoms with Crippen LogP contribution >= 0.6 is 0 Å². The molecule has 3 rings (SSSR count). The summed E-state index contributed by atoms with van der Waals surface area (Å²) in [7, 11) is 0. The van der Waals surface area contributed by atoms with Gasteiger partial charge < -0.3 is 10.0 Å². The molecule has 0 amide bonds. The van der Waals surface area contributed by atoms with Gasteiger partial charge in [-0.2, -0.15) is 0 Å². The molecule has 0 aromatic heterocycles. The first-order chi connectivity index (χ1) is 11.3. The molecule has 0 aliphatic carbocycles. The number of nitrogens with zero attached hydrogens (tertiary/aromatic N) is 1. The average molecular weight is 303 g/mol. The highest BCUT2D eigenvalue weighted by Gasteiger charge is 2.12. The van der Waals surface area contributed by atoms with Gasteiger partial charge in [-0.1, -0.05) is 36.4 Å². The number of carbonyl (C=O) groups excluding carboxylic acids is 1. The Labute approximate surface area is 135 Å². The molecule has 3 aromatic carbocycles. The summed E-state index contributed by atoms with van der Waals surface area (Å²) in [6.45, 7) is -0.472. The molecule has 114 valence electrons. The third-order valence-corrected chi connectivity index (χ3v) is 3.62. The summed E-state index contributed by atoms with van der Waals surface area (Å²) in [6, 6.07) is 27.4. The van der Waals surface area contributed by atoms with Crippen molar-refractivity contribution in [1.29, 1.82) is 0 Å². The van der Waals surface area contributed by atoms with Crippen LogP contribution in [-0.2, 0) is 0 Å². The summed E-state index contributed by atoms with van der Waals surface area (Å²) >= 11 is 0. The molecule has 0 atom stereocenters. The first-order valence-electron chi connectivity index (χ1n) is 7.44. The van der Waals surface area contributed by atoms with Gasteiger partial charge in [0.05, 0.1) is 0 Å². The highest BCUT2D eigenvalue weighted by Crippen LogP contribution is 2.33. The molecule has 0 heterocycles. The Bertz CT molecular complexity index is 728. The molecule has 3 aromatic rings. The summed E-state index contributed by atoms with van der Waals surface area (Å²) in [5.74, 6) is -0.275. The van der Waals surface area contributed by atoms with E-state index in [1.807, 2.05) is 72.8 Å². The summed E-state index contributed by atoms with van der Waals surface area (Å²) < 4.78 is 0. The van der Waals surface area contributed by atoms with Crippen LogP contribution in [0.5, 0.6) is 0 Å². The Hall–Kier alpha value is -2.91. The Morgan fingerprint density at radius 3 is 1.57 bits per heavy atom. The summed E-state index contributed by atoms with van der Waals surface area (Å²) in [5.41, 5.74) is 3.55. The molecule has 0 saturated heterocycles. The van der Waals surface area contributed by atoms with E-state index in [9.17, 15) is 4.79 Å². The molecule has 3 nitrogen and oxygen atoms in total. The molecule has 0 unspecified atom stereocenters. The van der Waals surface area contributed by atoms with Crippen LogP contribution in [0, 0.1) is 0 Å². The zero-order valence-corrected chi connectivity index (χ0v) is 12.6. The van der Waals surface area contributed by atoms with Gasteiger partial charge in [0, 0.05) is 22.6 Å². The second kappa shape index (κ2) is 6.90. The van der Waals surface area contributed by atoms with Crippen LogP contribution in [0.15, 0.2) is 84.9 Å². The normalized spacial score (nSPS) is 10.3. The fraction of sp³-hybridized carbons (Fsp3) is 0.0500.